The van der Waals surface area contributed by atoms with Crippen LogP contribution in [0.2, 0.25) is 0 Å². The van der Waals surface area contributed by atoms with E-state index in [4.69, 9.17) is 10.5 Å². The monoisotopic (exact) mass is 496 g/mol. The topological polar surface area (TPSA) is 72.5 Å². The van der Waals surface area contributed by atoms with E-state index in [1.165, 1.54) is 5.56 Å². The van der Waals surface area contributed by atoms with E-state index in [0.29, 0.717) is 25.0 Å². The molecule has 0 aliphatic carbocycles. The summed E-state index contributed by atoms with van der Waals surface area (Å²) in [5.74, 6) is 1.94. The molecule has 3 N–H and O–H groups in total. The predicted octanol–water partition coefficient (Wildman–Crippen LogP) is 4.47. The highest BCUT2D eigenvalue weighted by Gasteiger charge is 2.10. The molecule has 1 unspecified atom stereocenters. The molecule has 0 saturated carbocycles. The van der Waals surface area contributed by atoms with Crippen LogP contribution in [0, 0.1) is 12.8 Å². The van der Waals surface area contributed by atoms with Crippen molar-refractivity contribution in [1.29, 1.82) is 0 Å². The second-order valence-corrected chi connectivity index (χ2v) is 7.37. The van der Waals surface area contributed by atoms with E-state index in [1.54, 1.807) is 6.20 Å². The Bertz CT molecular complexity index is 735. The molecule has 0 fully saturated rings. The van der Waals surface area contributed by atoms with Crippen LogP contribution in [0.15, 0.2) is 47.6 Å². The molecule has 1 atom stereocenters. The number of nitrogens with two attached hydrogens (primary N) is 1. The van der Waals surface area contributed by atoms with Gasteiger partial charge < -0.3 is 15.8 Å². The van der Waals surface area contributed by atoms with Gasteiger partial charge >= 0.3 is 0 Å². The fraction of sp³-hybridized carbons (Fsp3) is 0.455. The van der Waals surface area contributed by atoms with Crippen molar-refractivity contribution in [2.45, 2.75) is 53.2 Å². The van der Waals surface area contributed by atoms with Gasteiger partial charge in [0, 0.05) is 30.4 Å². The summed E-state index contributed by atoms with van der Waals surface area (Å²) in [4.78, 5) is 8.77. The molecule has 0 aliphatic heterocycles. The third kappa shape index (κ3) is 8.91. The number of rotatable bonds is 9. The van der Waals surface area contributed by atoms with Crippen molar-refractivity contribution in [3.8, 4) is 5.75 Å². The van der Waals surface area contributed by atoms with Crippen molar-refractivity contribution in [2.24, 2.45) is 16.6 Å². The zero-order valence-corrected chi connectivity index (χ0v) is 19.6. The molecular weight excluding hydrogens is 463 g/mol. The summed E-state index contributed by atoms with van der Waals surface area (Å²) in [5.41, 5.74) is 9.27. The average Bonchev–Trinajstić information content (AvgIpc) is 2.61. The number of hydrogen-bond acceptors (Lipinski definition) is 3. The third-order valence-electron chi connectivity index (χ3n) is 4.19. The molecule has 0 spiro atoms. The molecule has 154 valence electrons. The van der Waals surface area contributed by atoms with Crippen molar-refractivity contribution in [3.63, 3.8) is 0 Å². The number of aromatic nitrogens is 1. The van der Waals surface area contributed by atoms with Gasteiger partial charge in [-0.2, -0.15) is 0 Å². The summed E-state index contributed by atoms with van der Waals surface area (Å²) in [5, 5.41) is 3.15. The van der Waals surface area contributed by atoms with Gasteiger partial charge in [-0.1, -0.05) is 32.0 Å². The van der Waals surface area contributed by atoms with E-state index in [-0.39, 0.29) is 30.1 Å². The molecule has 2 aromatic rings. The van der Waals surface area contributed by atoms with E-state index in [2.05, 4.69) is 61.2 Å². The molecule has 0 aliphatic rings. The Morgan fingerprint density at radius 1 is 1.21 bits per heavy atom. The van der Waals surface area contributed by atoms with Gasteiger partial charge in [0.1, 0.15) is 5.75 Å². The average molecular weight is 496 g/mol. The van der Waals surface area contributed by atoms with E-state index in [1.807, 2.05) is 18.2 Å². The lowest BCUT2D eigenvalue weighted by Crippen LogP contribution is -2.33. The number of hydrogen-bond donors (Lipinski definition) is 2. The van der Waals surface area contributed by atoms with Crippen LogP contribution in [-0.2, 0) is 13.0 Å². The third-order valence-corrected chi connectivity index (χ3v) is 4.19. The summed E-state index contributed by atoms with van der Waals surface area (Å²) in [6.07, 6.45) is 3.80. The van der Waals surface area contributed by atoms with E-state index in [9.17, 15) is 0 Å². The fourth-order valence-electron chi connectivity index (χ4n) is 2.92. The fourth-order valence-corrected chi connectivity index (χ4v) is 2.92. The number of nitrogens with zero attached hydrogens (tertiary/aromatic N) is 2. The summed E-state index contributed by atoms with van der Waals surface area (Å²) in [7, 11) is 0. The van der Waals surface area contributed by atoms with Crippen LogP contribution >= 0.6 is 24.0 Å². The maximum atomic E-state index is 6.17. The van der Waals surface area contributed by atoms with Gasteiger partial charge in [-0.05, 0) is 49.9 Å². The van der Waals surface area contributed by atoms with Crippen LogP contribution in [0.1, 0.15) is 44.0 Å². The van der Waals surface area contributed by atoms with Crippen LogP contribution in [0.3, 0.4) is 0 Å². The van der Waals surface area contributed by atoms with Gasteiger partial charge in [-0.3, -0.25) is 4.98 Å². The molecule has 1 heterocycles. The number of aliphatic imine (C=N–C) groups is 1. The van der Waals surface area contributed by atoms with E-state index in [0.717, 1.165) is 29.8 Å². The first kappa shape index (κ1) is 24.2. The standard InChI is InChI=1S/C22H32N4O.HI/c1-16(2)13-18(4)27-21-14-17(3)8-9-19(21)15-26-22(23)25-12-10-20-7-5-6-11-24-20;/h5-9,11,14,16,18H,10,12-13,15H2,1-4H3,(H3,23,25,26);1H. The molecule has 6 heteroatoms. The summed E-state index contributed by atoms with van der Waals surface area (Å²) in [6, 6.07) is 12.1. The highest BCUT2D eigenvalue weighted by molar-refractivity contribution is 14.0. The number of nitrogens with one attached hydrogen (secondary N) is 1. The largest absolute Gasteiger partial charge is 0.490 e. The number of guanidine groups is 1. The molecule has 0 saturated heterocycles. The molecule has 2 rings (SSSR count). The minimum absolute atomic E-state index is 0. The molecule has 28 heavy (non-hydrogen) atoms. The van der Waals surface area contributed by atoms with Gasteiger partial charge in [0.25, 0.3) is 0 Å². The normalized spacial score (nSPS) is 12.4. The Morgan fingerprint density at radius 2 is 2.00 bits per heavy atom. The van der Waals surface area contributed by atoms with Gasteiger partial charge in [0.15, 0.2) is 5.96 Å². The second-order valence-electron chi connectivity index (χ2n) is 7.37. The van der Waals surface area contributed by atoms with Gasteiger partial charge in [-0.15, -0.1) is 24.0 Å². The highest BCUT2D eigenvalue weighted by Crippen LogP contribution is 2.24. The molecular formula is C22H33IN4O. The summed E-state index contributed by atoms with van der Waals surface area (Å²) < 4.78 is 6.17. The van der Waals surface area contributed by atoms with Gasteiger partial charge in [-0.25, -0.2) is 4.99 Å². The van der Waals surface area contributed by atoms with Crippen LogP contribution in [0.5, 0.6) is 5.75 Å². The van der Waals surface area contributed by atoms with Crippen LogP contribution < -0.4 is 15.8 Å². The number of pyridine rings is 1. The van der Waals surface area contributed by atoms with Crippen LogP contribution in [0.4, 0.5) is 0 Å². The van der Waals surface area contributed by atoms with Crippen LogP contribution in [0.25, 0.3) is 0 Å². The number of aryl methyl sites for hydroxylation is 1. The minimum atomic E-state index is 0. The maximum Gasteiger partial charge on any atom is 0.188 e. The molecule has 0 bridgehead atoms. The molecule has 5 nitrogen and oxygen atoms in total. The van der Waals surface area contributed by atoms with E-state index < -0.39 is 0 Å². The number of halogens is 1. The van der Waals surface area contributed by atoms with Crippen molar-refractivity contribution >= 4 is 29.9 Å². The Morgan fingerprint density at radius 3 is 2.68 bits per heavy atom. The van der Waals surface area contributed by atoms with Crippen molar-refractivity contribution in [2.75, 3.05) is 6.54 Å². The van der Waals surface area contributed by atoms with E-state index >= 15 is 0 Å². The van der Waals surface area contributed by atoms with Crippen molar-refractivity contribution < 1.29 is 4.74 Å². The summed E-state index contributed by atoms with van der Waals surface area (Å²) >= 11 is 0. The quantitative estimate of drug-likeness (QED) is 0.305. The number of benzene rings is 1. The molecule has 0 amide bonds. The first-order valence-corrected chi connectivity index (χ1v) is 9.64. The van der Waals surface area contributed by atoms with Gasteiger partial charge in [0.2, 0.25) is 0 Å². The van der Waals surface area contributed by atoms with Crippen LogP contribution in [-0.4, -0.2) is 23.6 Å². The number of ether oxygens (including phenoxy) is 1. The first-order valence-electron chi connectivity index (χ1n) is 9.64. The predicted molar refractivity (Wildman–Crippen MR) is 127 cm³/mol. The zero-order chi connectivity index (χ0) is 19.6. The Balaban J connectivity index is 0.00000392. The second kappa shape index (κ2) is 12.6. The Labute approximate surface area is 186 Å². The maximum absolute atomic E-state index is 6.17. The van der Waals surface area contributed by atoms with Crippen molar-refractivity contribution in [1.82, 2.24) is 10.3 Å². The Hall–Kier alpha value is -1.83. The van der Waals surface area contributed by atoms with Gasteiger partial charge in [0.05, 0.1) is 12.6 Å². The Kier molecular flexibility index (Phi) is 10.9. The minimum Gasteiger partial charge on any atom is -0.490 e. The highest BCUT2D eigenvalue weighted by atomic mass is 127. The molecule has 1 aromatic carbocycles. The lowest BCUT2D eigenvalue weighted by molar-refractivity contribution is 0.191. The smallest absolute Gasteiger partial charge is 0.188 e. The lowest BCUT2D eigenvalue weighted by atomic mass is 10.1. The summed E-state index contributed by atoms with van der Waals surface area (Å²) in [6.45, 7) is 9.79. The lowest BCUT2D eigenvalue weighted by Gasteiger charge is -2.19. The molecule has 1 aromatic heterocycles. The molecule has 0 radical (unpaired) electrons. The SMILES string of the molecule is Cc1ccc(CN=C(N)NCCc2ccccn2)c(OC(C)CC(C)C)c1.I. The zero-order valence-electron chi connectivity index (χ0n) is 17.3. The first-order chi connectivity index (χ1) is 12.9. The van der Waals surface area contributed by atoms with Crippen molar-refractivity contribution in [3.05, 3.63) is 59.4 Å².